The number of carbonyl (C=O) groups excluding carboxylic acids is 1. The van der Waals surface area contributed by atoms with E-state index in [-0.39, 0.29) is 12.2 Å². The summed E-state index contributed by atoms with van der Waals surface area (Å²) in [5.41, 5.74) is 6.81. The van der Waals surface area contributed by atoms with Crippen molar-refractivity contribution in [2.24, 2.45) is 11.7 Å². The third kappa shape index (κ3) is 2.71. The zero-order chi connectivity index (χ0) is 17.6. The highest BCUT2D eigenvalue weighted by Gasteiger charge is 2.58. The average Bonchev–Trinajstić information content (AvgIpc) is 3.14. The Morgan fingerprint density at radius 2 is 2.17 bits per heavy atom. The molecular formula is C15H21N2O6P. The first-order chi connectivity index (χ1) is 11.3. The molecule has 8 nitrogen and oxygen atoms in total. The van der Waals surface area contributed by atoms with Gasteiger partial charge in [0.05, 0.1) is 31.3 Å². The molecule has 24 heavy (non-hydrogen) atoms. The Morgan fingerprint density at radius 3 is 2.75 bits per heavy atom. The molecule has 0 bridgehead atoms. The van der Waals surface area contributed by atoms with Crippen LogP contribution in [0.15, 0.2) is 11.0 Å². The molecule has 0 amide bonds. The van der Waals surface area contributed by atoms with E-state index in [1.165, 1.54) is 7.11 Å². The molecule has 3 aliphatic heterocycles. The molecule has 0 aromatic carbocycles. The van der Waals surface area contributed by atoms with E-state index in [0.29, 0.717) is 11.6 Å². The van der Waals surface area contributed by atoms with Crippen molar-refractivity contribution in [3.63, 3.8) is 0 Å². The third-order valence-electron chi connectivity index (χ3n) is 4.53. The fourth-order valence-electron chi connectivity index (χ4n) is 3.49. The molecule has 0 saturated carbocycles. The number of aliphatic hydroxyl groups is 1. The lowest BCUT2D eigenvalue weighted by molar-refractivity contribution is -0.181. The first kappa shape index (κ1) is 17.6. The van der Waals surface area contributed by atoms with Gasteiger partial charge in [0.25, 0.3) is 0 Å². The third-order valence-corrected chi connectivity index (χ3v) is 7.18. The summed E-state index contributed by atoms with van der Waals surface area (Å²) in [4.78, 5) is 12.0. The number of ether oxygens (including phenoxy) is 4. The summed E-state index contributed by atoms with van der Waals surface area (Å²) in [6, 6.07) is 2.03. The van der Waals surface area contributed by atoms with Gasteiger partial charge in [-0.3, -0.25) is 4.79 Å². The Bertz CT molecular complexity index is 616. The van der Waals surface area contributed by atoms with Gasteiger partial charge in [0, 0.05) is 5.44 Å². The fraction of sp³-hybridized carbons (Fsp3) is 0.733. The van der Waals surface area contributed by atoms with E-state index >= 15 is 0 Å². The van der Waals surface area contributed by atoms with Crippen LogP contribution in [-0.4, -0.2) is 60.9 Å². The topological polar surface area (TPSA) is 124 Å². The van der Waals surface area contributed by atoms with E-state index in [1.54, 1.807) is 13.8 Å². The summed E-state index contributed by atoms with van der Waals surface area (Å²) in [5, 5.41) is 18.9. The van der Waals surface area contributed by atoms with Gasteiger partial charge in [-0.05, 0) is 27.9 Å². The lowest BCUT2D eigenvalue weighted by Gasteiger charge is -2.27. The molecule has 2 fully saturated rings. The van der Waals surface area contributed by atoms with Crippen LogP contribution in [-0.2, 0) is 23.7 Å². The summed E-state index contributed by atoms with van der Waals surface area (Å²) in [5.74, 6) is -2.35. The van der Waals surface area contributed by atoms with Gasteiger partial charge in [-0.2, -0.15) is 5.26 Å². The molecule has 0 aliphatic carbocycles. The number of nitrogens with two attached hydrogens (primary N) is 1. The molecule has 2 unspecified atom stereocenters. The largest absolute Gasteiger partial charge is 0.469 e. The van der Waals surface area contributed by atoms with Crippen molar-refractivity contribution in [2.45, 2.75) is 43.8 Å². The first-order valence-electron chi connectivity index (χ1n) is 7.69. The molecule has 132 valence electrons. The van der Waals surface area contributed by atoms with Gasteiger partial charge in [0.15, 0.2) is 5.79 Å². The molecule has 2 saturated heterocycles. The van der Waals surface area contributed by atoms with Crippen LogP contribution < -0.4 is 5.73 Å². The second kappa shape index (κ2) is 6.25. The number of rotatable bonds is 3. The molecule has 3 heterocycles. The molecule has 6 atom stereocenters. The number of hydrogen-bond donors (Lipinski definition) is 2. The minimum absolute atomic E-state index is 0.199. The van der Waals surface area contributed by atoms with Crippen molar-refractivity contribution in [3.05, 3.63) is 11.0 Å². The maximum atomic E-state index is 12.0. The van der Waals surface area contributed by atoms with Gasteiger partial charge in [-0.1, -0.05) is 0 Å². The standard InChI is InChI=1S/C15H21N2O6P/c1-15(2)22-10-9(5-18)21-14(11(10)23-15)24-6-8(13(19)20-3)7(4-16)12(24)17/h8-11,14,18H,5-6,17H2,1-3H3/t8?,9-,10-,11-,14+,24?/m1/s1. The van der Waals surface area contributed by atoms with Crippen molar-refractivity contribution < 1.29 is 28.8 Å². The summed E-state index contributed by atoms with van der Waals surface area (Å²) >= 11 is 0. The maximum Gasteiger partial charge on any atom is 0.314 e. The SMILES string of the molecule is COC(=O)C1CP([C@@H]2O[C@H](CO)[C@H]3OC(C)(C)O[C@H]32)C(N)=C1C#N. The maximum absolute atomic E-state index is 12.0. The van der Waals surface area contributed by atoms with E-state index in [2.05, 4.69) is 0 Å². The smallest absolute Gasteiger partial charge is 0.314 e. The monoisotopic (exact) mass is 356 g/mol. The van der Waals surface area contributed by atoms with Crippen molar-refractivity contribution in [2.75, 3.05) is 19.9 Å². The number of carbonyl (C=O) groups is 1. The molecule has 3 rings (SSSR count). The number of nitrogens with zero attached hydrogens (tertiary/aromatic N) is 1. The van der Waals surface area contributed by atoms with Crippen molar-refractivity contribution in [1.82, 2.24) is 0 Å². The number of methoxy groups -OCH3 is 1. The van der Waals surface area contributed by atoms with E-state index in [9.17, 15) is 15.2 Å². The quantitative estimate of drug-likeness (QED) is 0.543. The van der Waals surface area contributed by atoms with Crippen LogP contribution in [0, 0.1) is 17.2 Å². The van der Waals surface area contributed by atoms with E-state index < -0.39 is 49.8 Å². The van der Waals surface area contributed by atoms with Crippen LogP contribution in [0.1, 0.15) is 13.8 Å². The van der Waals surface area contributed by atoms with Gasteiger partial charge in [0.1, 0.15) is 24.2 Å². The predicted molar refractivity (Wildman–Crippen MR) is 83.7 cm³/mol. The van der Waals surface area contributed by atoms with E-state index in [0.717, 1.165) is 0 Å². The number of esters is 1. The van der Waals surface area contributed by atoms with Crippen molar-refractivity contribution in [3.8, 4) is 6.07 Å². The number of nitriles is 1. The molecular weight excluding hydrogens is 335 g/mol. The summed E-state index contributed by atoms with van der Waals surface area (Å²) in [6.07, 6.45) is -0.919. The molecule has 0 radical (unpaired) electrons. The van der Waals surface area contributed by atoms with Crippen LogP contribution in [0.5, 0.6) is 0 Å². The van der Waals surface area contributed by atoms with E-state index in [4.69, 9.17) is 24.7 Å². The number of fused-ring (bicyclic) bond motifs is 1. The van der Waals surface area contributed by atoms with Crippen LogP contribution in [0.3, 0.4) is 0 Å². The lowest BCUT2D eigenvalue weighted by Crippen LogP contribution is -2.31. The second-order valence-corrected chi connectivity index (χ2v) is 8.75. The Labute approximate surface area is 141 Å². The summed E-state index contributed by atoms with van der Waals surface area (Å²) < 4.78 is 22.5. The molecule has 3 N–H and O–H groups in total. The first-order valence-corrected chi connectivity index (χ1v) is 9.28. The highest BCUT2D eigenvalue weighted by atomic mass is 31.1. The Kier molecular flexibility index (Phi) is 4.58. The Morgan fingerprint density at radius 1 is 1.50 bits per heavy atom. The summed E-state index contributed by atoms with van der Waals surface area (Å²) in [7, 11) is 0.146. The number of hydrogen-bond acceptors (Lipinski definition) is 8. The van der Waals surface area contributed by atoms with Crippen molar-refractivity contribution in [1.29, 1.82) is 5.26 Å². The van der Waals surface area contributed by atoms with Crippen molar-refractivity contribution >= 4 is 13.9 Å². The molecule has 0 spiro atoms. The molecule has 3 aliphatic rings. The average molecular weight is 356 g/mol. The molecule has 0 aromatic heterocycles. The summed E-state index contributed by atoms with van der Waals surface area (Å²) in [6.45, 7) is 3.40. The fourth-order valence-corrected chi connectivity index (χ4v) is 6.29. The van der Waals surface area contributed by atoms with Gasteiger partial charge in [-0.15, -0.1) is 0 Å². The van der Waals surface area contributed by atoms with Crippen LogP contribution in [0.25, 0.3) is 0 Å². The second-order valence-electron chi connectivity index (χ2n) is 6.45. The minimum Gasteiger partial charge on any atom is -0.469 e. The molecule has 9 heteroatoms. The van der Waals surface area contributed by atoms with Gasteiger partial charge < -0.3 is 29.8 Å². The zero-order valence-corrected chi connectivity index (χ0v) is 14.7. The normalized spacial score (nSPS) is 40.5. The zero-order valence-electron chi connectivity index (χ0n) is 13.8. The Balaban J connectivity index is 1.88. The van der Waals surface area contributed by atoms with Gasteiger partial charge in [0.2, 0.25) is 0 Å². The predicted octanol–water partition coefficient (Wildman–Crippen LogP) is 0.202. The van der Waals surface area contributed by atoms with Crippen LogP contribution >= 0.6 is 7.92 Å². The lowest BCUT2D eigenvalue weighted by atomic mass is 10.0. The van der Waals surface area contributed by atoms with E-state index in [1.807, 2.05) is 6.07 Å². The molecule has 0 aromatic rings. The minimum atomic E-state index is -1.14. The van der Waals surface area contributed by atoms with Crippen LogP contribution in [0.4, 0.5) is 0 Å². The highest BCUT2D eigenvalue weighted by Crippen LogP contribution is 2.61. The number of aliphatic hydroxyl groups excluding tert-OH is 1. The highest BCUT2D eigenvalue weighted by molar-refractivity contribution is 7.63. The van der Waals surface area contributed by atoms with Crippen LogP contribution in [0.2, 0.25) is 0 Å². The van der Waals surface area contributed by atoms with Gasteiger partial charge >= 0.3 is 5.97 Å². The Hall–Kier alpha value is -1.23. The van der Waals surface area contributed by atoms with Gasteiger partial charge in [-0.25, -0.2) is 0 Å².